The SMILES string of the molecule is COC(=O)C(C)NC(=O)CSCc1ccccc1. The van der Waals surface area contributed by atoms with Crippen LogP contribution in [0.1, 0.15) is 12.5 Å². The zero-order valence-electron chi connectivity index (χ0n) is 10.5. The maximum absolute atomic E-state index is 11.5. The number of nitrogens with one attached hydrogen (secondary N) is 1. The summed E-state index contributed by atoms with van der Waals surface area (Å²) in [5, 5.41) is 2.58. The summed E-state index contributed by atoms with van der Waals surface area (Å²) < 4.78 is 4.53. The lowest BCUT2D eigenvalue weighted by atomic mass is 10.2. The van der Waals surface area contributed by atoms with Crippen LogP contribution in [0.25, 0.3) is 0 Å². The highest BCUT2D eigenvalue weighted by molar-refractivity contribution is 7.99. The Morgan fingerprint density at radius 1 is 1.33 bits per heavy atom. The molecule has 0 heterocycles. The quantitative estimate of drug-likeness (QED) is 0.795. The summed E-state index contributed by atoms with van der Waals surface area (Å²) in [5.41, 5.74) is 1.18. The van der Waals surface area contributed by atoms with Crippen LogP contribution in [0.5, 0.6) is 0 Å². The Bertz CT molecular complexity index is 394. The molecule has 0 spiro atoms. The lowest BCUT2D eigenvalue weighted by Gasteiger charge is -2.11. The molecule has 1 aromatic rings. The Kier molecular flexibility index (Phi) is 6.28. The number of methoxy groups -OCH3 is 1. The van der Waals surface area contributed by atoms with E-state index >= 15 is 0 Å². The molecule has 1 rings (SSSR count). The van der Waals surface area contributed by atoms with Crippen LogP contribution in [0, 0.1) is 0 Å². The highest BCUT2D eigenvalue weighted by Crippen LogP contribution is 2.11. The fourth-order valence-electron chi connectivity index (χ4n) is 1.35. The van der Waals surface area contributed by atoms with E-state index < -0.39 is 12.0 Å². The summed E-state index contributed by atoms with van der Waals surface area (Å²) in [7, 11) is 1.30. The zero-order chi connectivity index (χ0) is 13.4. The molecule has 98 valence electrons. The number of carbonyl (C=O) groups is 2. The van der Waals surface area contributed by atoms with Crippen LogP contribution < -0.4 is 5.32 Å². The van der Waals surface area contributed by atoms with E-state index in [0.29, 0.717) is 5.75 Å². The minimum Gasteiger partial charge on any atom is -0.467 e. The van der Waals surface area contributed by atoms with Gasteiger partial charge >= 0.3 is 5.97 Å². The molecule has 0 aliphatic rings. The molecule has 1 atom stereocenters. The van der Waals surface area contributed by atoms with Crippen molar-refractivity contribution in [2.75, 3.05) is 12.9 Å². The molecular formula is C13H17NO3S. The van der Waals surface area contributed by atoms with Crippen molar-refractivity contribution in [3.63, 3.8) is 0 Å². The second kappa shape index (κ2) is 7.76. The molecule has 1 N–H and O–H groups in total. The Hall–Kier alpha value is -1.49. The molecule has 0 aliphatic carbocycles. The average Bonchev–Trinajstić information content (AvgIpc) is 2.38. The Balaban J connectivity index is 2.23. The van der Waals surface area contributed by atoms with Crippen LogP contribution >= 0.6 is 11.8 Å². The summed E-state index contributed by atoms with van der Waals surface area (Å²) in [4.78, 5) is 22.6. The van der Waals surface area contributed by atoms with Gasteiger partial charge in [0.25, 0.3) is 0 Å². The van der Waals surface area contributed by atoms with Gasteiger partial charge in [0.15, 0.2) is 0 Å². The molecule has 18 heavy (non-hydrogen) atoms. The first-order valence-corrected chi connectivity index (χ1v) is 6.78. The minimum absolute atomic E-state index is 0.158. The molecule has 5 heteroatoms. The van der Waals surface area contributed by atoms with Crippen LogP contribution in [-0.2, 0) is 20.1 Å². The fraction of sp³-hybridized carbons (Fsp3) is 0.385. The molecule has 1 amide bonds. The van der Waals surface area contributed by atoms with Gasteiger partial charge in [-0.3, -0.25) is 4.79 Å². The van der Waals surface area contributed by atoms with Crippen molar-refractivity contribution < 1.29 is 14.3 Å². The predicted molar refractivity (Wildman–Crippen MR) is 72.2 cm³/mol. The summed E-state index contributed by atoms with van der Waals surface area (Å²) in [6.07, 6.45) is 0. The smallest absolute Gasteiger partial charge is 0.328 e. The third-order valence-corrected chi connectivity index (χ3v) is 3.28. The summed E-state index contributed by atoms with van der Waals surface area (Å²) in [6, 6.07) is 9.33. The molecule has 0 aliphatic heterocycles. The van der Waals surface area contributed by atoms with Gasteiger partial charge in [-0.2, -0.15) is 0 Å². The van der Waals surface area contributed by atoms with Crippen molar-refractivity contribution >= 4 is 23.6 Å². The first-order valence-electron chi connectivity index (χ1n) is 5.62. The van der Waals surface area contributed by atoms with Gasteiger partial charge < -0.3 is 10.1 Å². The Labute approximate surface area is 111 Å². The number of thioether (sulfide) groups is 1. The maximum Gasteiger partial charge on any atom is 0.328 e. The second-order valence-electron chi connectivity index (χ2n) is 3.79. The van der Waals surface area contributed by atoms with Gasteiger partial charge in [-0.1, -0.05) is 30.3 Å². The van der Waals surface area contributed by atoms with Crippen molar-refractivity contribution in [1.29, 1.82) is 0 Å². The van der Waals surface area contributed by atoms with Crippen molar-refractivity contribution in [3.05, 3.63) is 35.9 Å². The van der Waals surface area contributed by atoms with Crippen molar-refractivity contribution in [1.82, 2.24) is 5.32 Å². The fourth-order valence-corrected chi connectivity index (χ4v) is 2.15. The Morgan fingerprint density at radius 3 is 2.61 bits per heavy atom. The lowest BCUT2D eigenvalue weighted by molar-refractivity contribution is -0.144. The minimum atomic E-state index is -0.597. The van der Waals surface area contributed by atoms with Gasteiger partial charge in [-0.15, -0.1) is 11.8 Å². The molecule has 1 aromatic carbocycles. The number of hydrogen-bond donors (Lipinski definition) is 1. The van der Waals surface area contributed by atoms with Crippen LogP contribution in [0.15, 0.2) is 30.3 Å². The lowest BCUT2D eigenvalue weighted by Crippen LogP contribution is -2.40. The molecule has 0 radical (unpaired) electrons. The van der Waals surface area contributed by atoms with Gasteiger partial charge in [0, 0.05) is 5.75 Å². The van der Waals surface area contributed by atoms with Gasteiger partial charge in [-0.25, -0.2) is 4.79 Å². The summed E-state index contributed by atoms with van der Waals surface area (Å²) >= 11 is 1.51. The number of carbonyl (C=O) groups excluding carboxylic acids is 2. The third kappa shape index (κ3) is 5.23. The van der Waals surface area contributed by atoms with Crippen LogP contribution in [0.4, 0.5) is 0 Å². The van der Waals surface area contributed by atoms with Crippen LogP contribution in [-0.4, -0.2) is 30.8 Å². The number of amides is 1. The van der Waals surface area contributed by atoms with Gasteiger partial charge in [0.1, 0.15) is 6.04 Å². The topological polar surface area (TPSA) is 55.4 Å². The van der Waals surface area contributed by atoms with Gasteiger partial charge in [0.05, 0.1) is 12.9 Å². The van der Waals surface area contributed by atoms with E-state index in [1.807, 2.05) is 30.3 Å². The van der Waals surface area contributed by atoms with Gasteiger partial charge in [0.2, 0.25) is 5.91 Å². The Morgan fingerprint density at radius 2 is 2.00 bits per heavy atom. The molecule has 0 fully saturated rings. The molecule has 0 bridgehead atoms. The van der Waals surface area contributed by atoms with Crippen molar-refractivity contribution in [2.24, 2.45) is 0 Å². The van der Waals surface area contributed by atoms with Crippen LogP contribution in [0.3, 0.4) is 0 Å². The van der Waals surface area contributed by atoms with E-state index in [-0.39, 0.29) is 5.91 Å². The first kappa shape index (κ1) is 14.6. The normalized spacial score (nSPS) is 11.7. The second-order valence-corrected chi connectivity index (χ2v) is 4.78. The van der Waals surface area contributed by atoms with E-state index in [1.165, 1.54) is 24.4 Å². The number of esters is 1. The number of ether oxygens (including phenoxy) is 1. The maximum atomic E-state index is 11.5. The summed E-state index contributed by atoms with van der Waals surface area (Å²) in [5.74, 6) is 0.516. The number of hydrogen-bond acceptors (Lipinski definition) is 4. The van der Waals surface area contributed by atoms with Crippen LogP contribution in [0.2, 0.25) is 0 Å². The molecule has 4 nitrogen and oxygen atoms in total. The monoisotopic (exact) mass is 267 g/mol. The van der Waals surface area contributed by atoms with Crippen molar-refractivity contribution in [2.45, 2.75) is 18.7 Å². The van der Waals surface area contributed by atoms with E-state index in [2.05, 4.69) is 10.1 Å². The van der Waals surface area contributed by atoms with Crippen molar-refractivity contribution in [3.8, 4) is 0 Å². The largest absolute Gasteiger partial charge is 0.467 e. The first-order chi connectivity index (χ1) is 8.63. The van der Waals surface area contributed by atoms with Gasteiger partial charge in [-0.05, 0) is 12.5 Å². The van der Waals surface area contributed by atoms with E-state index in [0.717, 1.165) is 5.75 Å². The highest BCUT2D eigenvalue weighted by Gasteiger charge is 2.15. The molecule has 0 aromatic heterocycles. The van der Waals surface area contributed by atoms with E-state index in [9.17, 15) is 9.59 Å². The third-order valence-electron chi connectivity index (χ3n) is 2.28. The highest BCUT2D eigenvalue weighted by atomic mass is 32.2. The standard InChI is InChI=1S/C13H17NO3S/c1-10(13(16)17-2)14-12(15)9-18-8-11-6-4-3-5-7-11/h3-7,10H,8-9H2,1-2H3,(H,14,15). The predicted octanol–water partition coefficient (Wildman–Crippen LogP) is 1.60. The molecule has 0 saturated carbocycles. The van der Waals surface area contributed by atoms with E-state index in [1.54, 1.807) is 6.92 Å². The summed E-state index contributed by atoms with van der Waals surface area (Å²) in [6.45, 7) is 1.60. The number of rotatable bonds is 6. The zero-order valence-corrected chi connectivity index (χ0v) is 11.3. The average molecular weight is 267 g/mol. The molecule has 1 unspecified atom stereocenters. The number of benzene rings is 1. The molecule has 0 saturated heterocycles. The molecular weight excluding hydrogens is 250 g/mol. The van der Waals surface area contributed by atoms with E-state index in [4.69, 9.17) is 0 Å².